The summed E-state index contributed by atoms with van der Waals surface area (Å²) in [5, 5.41) is 21.0. The molecule has 8 heteroatoms. The number of halogens is 1. The number of fused-ring (bicyclic) bond motifs is 2. The molecule has 0 radical (unpaired) electrons. The van der Waals surface area contributed by atoms with Crippen molar-refractivity contribution in [3.05, 3.63) is 41.7 Å². The van der Waals surface area contributed by atoms with E-state index in [0.717, 1.165) is 35.1 Å². The van der Waals surface area contributed by atoms with E-state index in [0.29, 0.717) is 28.0 Å². The topological polar surface area (TPSA) is 79.1 Å². The molecule has 1 unspecified atom stereocenters. The fourth-order valence-electron chi connectivity index (χ4n) is 4.78. The molecule has 0 amide bonds. The average molecular weight is 435 g/mol. The summed E-state index contributed by atoms with van der Waals surface area (Å²) in [6.45, 7) is 4.16. The van der Waals surface area contributed by atoms with E-state index in [-0.39, 0.29) is 11.3 Å². The Hall–Kier alpha value is -2.90. The highest BCUT2D eigenvalue weighted by molar-refractivity contribution is 6.35. The number of nitrogens with one attached hydrogen (secondary N) is 1. The number of aryl methyl sites for hydroxylation is 1. The third-order valence-electron chi connectivity index (χ3n) is 6.37. The number of anilines is 1. The Kier molecular flexibility index (Phi) is 3.98. The number of pyridine rings is 2. The van der Waals surface area contributed by atoms with Gasteiger partial charge in [-0.15, -0.1) is 0 Å². The summed E-state index contributed by atoms with van der Waals surface area (Å²) in [6, 6.07) is 7.86. The lowest BCUT2D eigenvalue weighted by atomic mass is 10.1. The summed E-state index contributed by atoms with van der Waals surface area (Å²) in [5.41, 5.74) is 3.85. The maximum absolute atomic E-state index is 10.6. The van der Waals surface area contributed by atoms with Crippen molar-refractivity contribution in [3.8, 4) is 17.0 Å². The number of nitrogens with zero attached hydrogens (tertiary/aromatic N) is 5. The van der Waals surface area contributed by atoms with Crippen molar-refractivity contribution in [2.75, 3.05) is 18.0 Å². The van der Waals surface area contributed by atoms with E-state index >= 15 is 0 Å². The third kappa shape index (κ3) is 3.20. The maximum atomic E-state index is 10.6. The van der Waals surface area contributed by atoms with Gasteiger partial charge in [0.05, 0.1) is 28.1 Å². The molecular formula is C23H23ClN6O. The summed E-state index contributed by atoms with van der Waals surface area (Å²) in [7, 11) is 1.85. The predicted octanol–water partition coefficient (Wildman–Crippen LogP) is 3.87. The Labute approximate surface area is 184 Å². The van der Waals surface area contributed by atoms with Gasteiger partial charge in [0.1, 0.15) is 5.75 Å². The van der Waals surface area contributed by atoms with Gasteiger partial charge < -0.3 is 15.3 Å². The van der Waals surface area contributed by atoms with Gasteiger partial charge in [-0.2, -0.15) is 5.10 Å². The molecule has 6 rings (SSSR count). The van der Waals surface area contributed by atoms with Crippen LogP contribution in [-0.2, 0) is 7.05 Å². The molecule has 31 heavy (non-hydrogen) atoms. The van der Waals surface area contributed by atoms with Crippen LogP contribution in [0.3, 0.4) is 0 Å². The summed E-state index contributed by atoms with van der Waals surface area (Å²) in [5.74, 6) is 0.121. The second-order valence-corrected chi connectivity index (χ2v) is 9.40. The fraction of sp³-hybridized carbons (Fsp3) is 0.348. The highest BCUT2D eigenvalue weighted by Gasteiger charge is 2.47. The summed E-state index contributed by atoms with van der Waals surface area (Å²) < 4.78 is 1.72. The Morgan fingerprint density at radius 2 is 2.06 bits per heavy atom. The summed E-state index contributed by atoms with van der Waals surface area (Å²) >= 11 is 6.69. The molecule has 1 aliphatic carbocycles. The zero-order valence-corrected chi connectivity index (χ0v) is 18.2. The molecule has 158 valence electrons. The number of rotatable bonds is 2. The number of hydrogen-bond acceptors (Lipinski definition) is 6. The van der Waals surface area contributed by atoms with Crippen molar-refractivity contribution in [3.63, 3.8) is 0 Å². The van der Waals surface area contributed by atoms with Crippen LogP contribution in [0.5, 0.6) is 5.75 Å². The molecule has 0 bridgehead atoms. The third-order valence-corrected chi connectivity index (χ3v) is 6.68. The van der Waals surface area contributed by atoms with Crippen LogP contribution in [0.25, 0.3) is 33.2 Å². The molecule has 4 heterocycles. The highest BCUT2D eigenvalue weighted by atomic mass is 35.5. The lowest BCUT2D eigenvalue weighted by molar-refractivity contribution is 0.372. The number of phenols is 1. The van der Waals surface area contributed by atoms with Gasteiger partial charge in [0, 0.05) is 60.3 Å². The monoisotopic (exact) mass is 434 g/mol. The van der Waals surface area contributed by atoms with E-state index < -0.39 is 0 Å². The van der Waals surface area contributed by atoms with Crippen LogP contribution in [0.1, 0.15) is 19.8 Å². The van der Waals surface area contributed by atoms with E-state index in [4.69, 9.17) is 16.6 Å². The van der Waals surface area contributed by atoms with Gasteiger partial charge in [0.15, 0.2) is 5.65 Å². The van der Waals surface area contributed by atoms with E-state index in [1.807, 2.05) is 25.5 Å². The number of piperazine rings is 1. The number of aromatic hydroxyl groups is 1. The molecule has 3 aromatic heterocycles. The molecule has 1 spiro atoms. The summed E-state index contributed by atoms with van der Waals surface area (Å²) in [6.07, 6.45) is 6.25. The molecule has 2 fully saturated rings. The number of benzene rings is 1. The standard InChI is InChI=1S/C23H23ClN6O/c1-13-10-30(12-23(27-13)3-4-23)15-6-16-18(24)7-20(26-22(16)25-9-15)17-5-14-11-29(2)28-19(14)8-21(17)31/h5-9,11,13,27,31H,3-4,10,12H2,1-2H3. The summed E-state index contributed by atoms with van der Waals surface area (Å²) in [4.78, 5) is 11.7. The largest absolute Gasteiger partial charge is 0.507 e. The predicted molar refractivity (Wildman–Crippen MR) is 123 cm³/mol. The molecule has 2 N–H and O–H groups in total. The number of aromatic nitrogens is 4. The second kappa shape index (κ2) is 6.55. The molecule has 1 aliphatic heterocycles. The molecular weight excluding hydrogens is 412 g/mol. The first kappa shape index (κ1) is 18.8. The lowest BCUT2D eigenvalue weighted by Gasteiger charge is -2.39. The van der Waals surface area contributed by atoms with Gasteiger partial charge in [0.2, 0.25) is 0 Å². The molecule has 1 saturated carbocycles. The molecule has 4 aromatic rings. The van der Waals surface area contributed by atoms with Crippen molar-refractivity contribution in [2.45, 2.75) is 31.3 Å². The van der Waals surface area contributed by atoms with Crippen LogP contribution in [0.15, 0.2) is 36.7 Å². The van der Waals surface area contributed by atoms with Crippen molar-refractivity contribution in [1.82, 2.24) is 25.1 Å². The van der Waals surface area contributed by atoms with Crippen molar-refractivity contribution >= 4 is 39.2 Å². The zero-order chi connectivity index (χ0) is 21.3. The average Bonchev–Trinajstić information content (AvgIpc) is 3.35. The Morgan fingerprint density at radius 3 is 2.87 bits per heavy atom. The Morgan fingerprint density at radius 1 is 1.23 bits per heavy atom. The van der Waals surface area contributed by atoms with Crippen LogP contribution in [0.4, 0.5) is 5.69 Å². The van der Waals surface area contributed by atoms with Gasteiger partial charge in [-0.1, -0.05) is 11.6 Å². The minimum Gasteiger partial charge on any atom is -0.507 e. The van der Waals surface area contributed by atoms with E-state index in [2.05, 4.69) is 33.3 Å². The second-order valence-electron chi connectivity index (χ2n) is 8.99. The first-order valence-corrected chi connectivity index (χ1v) is 10.9. The van der Waals surface area contributed by atoms with Gasteiger partial charge in [-0.3, -0.25) is 4.68 Å². The van der Waals surface area contributed by atoms with Crippen molar-refractivity contribution in [1.29, 1.82) is 0 Å². The minimum absolute atomic E-state index is 0.121. The van der Waals surface area contributed by atoms with Crippen molar-refractivity contribution < 1.29 is 5.11 Å². The smallest absolute Gasteiger partial charge is 0.161 e. The van der Waals surface area contributed by atoms with Crippen LogP contribution < -0.4 is 10.2 Å². The van der Waals surface area contributed by atoms with E-state index in [1.54, 1.807) is 16.8 Å². The first-order chi connectivity index (χ1) is 14.9. The van der Waals surface area contributed by atoms with Crippen LogP contribution in [-0.4, -0.2) is 49.5 Å². The molecule has 7 nitrogen and oxygen atoms in total. The lowest BCUT2D eigenvalue weighted by Crippen LogP contribution is -2.57. The van der Waals surface area contributed by atoms with Gasteiger partial charge in [-0.25, -0.2) is 9.97 Å². The molecule has 2 aliphatic rings. The molecule has 1 atom stereocenters. The molecule has 1 saturated heterocycles. The van der Waals surface area contributed by atoms with Crippen LogP contribution in [0.2, 0.25) is 5.02 Å². The quantitative estimate of drug-likeness (QED) is 0.498. The number of hydrogen-bond donors (Lipinski definition) is 2. The Balaban J connectivity index is 1.41. The van der Waals surface area contributed by atoms with Crippen LogP contribution >= 0.6 is 11.6 Å². The van der Waals surface area contributed by atoms with Crippen LogP contribution in [0, 0.1) is 0 Å². The van der Waals surface area contributed by atoms with Gasteiger partial charge in [0.25, 0.3) is 0 Å². The minimum atomic E-state index is 0.121. The number of phenolic OH excluding ortho intramolecular Hbond substituents is 1. The fourth-order valence-corrected chi connectivity index (χ4v) is 5.02. The van der Waals surface area contributed by atoms with E-state index in [9.17, 15) is 5.11 Å². The van der Waals surface area contributed by atoms with Crippen molar-refractivity contribution in [2.24, 2.45) is 7.05 Å². The van der Waals surface area contributed by atoms with Gasteiger partial charge >= 0.3 is 0 Å². The SMILES string of the molecule is CC1CN(c2cnc3nc(-c4cc5cn(C)nc5cc4O)cc(Cl)c3c2)CC2(CC2)N1. The first-order valence-electron chi connectivity index (χ1n) is 10.5. The van der Waals surface area contributed by atoms with Gasteiger partial charge in [-0.05, 0) is 38.0 Å². The molecule has 1 aromatic carbocycles. The Bertz CT molecular complexity index is 1350. The zero-order valence-electron chi connectivity index (χ0n) is 17.4. The normalized spacial score (nSPS) is 20.1. The van der Waals surface area contributed by atoms with E-state index in [1.165, 1.54) is 12.8 Å². The highest BCUT2D eigenvalue weighted by Crippen LogP contribution is 2.41. The maximum Gasteiger partial charge on any atom is 0.161 e.